The van der Waals surface area contributed by atoms with Crippen LogP contribution in [0.15, 0.2) is 146 Å². The van der Waals surface area contributed by atoms with Gasteiger partial charge >= 0.3 is 11.9 Å². The first-order chi connectivity index (χ1) is 42.6. The summed E-state index contributed by atoms with van der Waals surface area (Å²) in [5.41, 5.74) is 0. The molecule has 0 spiro atoms. The Balaban J connectivity index is 4.23. The summed E-state index contributed by atoms with van der Waals surface area (Å²) in [5.74, 6) is -2.34. The fourth-order valence-corrected chi connectivity index (χ4v) is 9.24. The number of nitrogens with zero attached hydrogens (tertiary/aromatic N) is 1. The molecule has 0 rings (SSSR count). The zero-order valence-corrected chi connectivity index (χ0v) is 56.3. The second-order valence-corrected chi connectivity index (χ2v) is 24.1. The van der Waals surface area contributed by atoms with Crippen LogP contribution in [0.25, 0.3) is 0 Å². The van der Waals surface area contributed by atoms with E-state index in [1.165, 1.54) is 128 Å². The normalized spacial score (nSPS) is 13.6. The van der Waals surface area contributed by atoms with Crippen LogP contribution in [0.2, 0.25) is 0 Å². The number of allylic oxidation sites excluding steroid dienone is 24. The average Bonchev–Trinajstić information content (AvgIpc) is 3.56. The van der Waals surface area contributed by atoms with Gasteiger partial charge in [-0.3, -0.25) is 9.59 Å². The molecule has 0 aromatic rings. The molecule has 0 saturated carbocycles. The molecule has 0 heterocycles. The number of aliphatic carboxylic acids is 1. The lowest BCUT2D eigenvalue weighted by Gasteiger charge is -2.26. The molecule has 0 aromatic heterocycles. The number of hydrogen-bond acceptors (Lipinski definition) is 8. The third kappa shape index (κ3) is 68.5. The monoisotopic (exact) mass is 1210 g/mol. The van der Waals surface area contributed by atoms with Gasteiger partial charge in [0.2, 0.25) is 0 Å². The van der Waals surface area contributed by atoms with E-state index in [4.69, 9.17) is 18.9 Å². The number of unbranched alkanes of at least 4 members (excludes halogenated alkanes) is 24. The Hall–Kier alpha value is -4.83. The van der Waals surface area contributed by atoms with Crippen LogP contribution in [0.4, 0.5) is 0 Å². The maximum atomic E-state index is 12.9. The molecular weight excluding hydrogens is 1080 g/mol. The lowest BCUT2D eigenvalue weighted by Crippen LogP contribution is -2.44. The Bertz CT molecular complexity index is 1940. The summed E-state index contributed by atoms with van der Waals surface area (Å²) >= 11 is 0. The standard InChI is InChI=1S/C78H129NO8/c1-6-8-10-12-14-16-18-20-22-24-26-28-30-32-34-36-38-40-42-44-46-48-50-52-54-56-58-60-62-64-66-68-75(80)85-72-74(73-86-78(77(82)83)84-71-70-79(3,4)5)87-76(81)69-67-65-63-61-59-57-55-53-51-49-47-45-43-41-39-37-35-33-31-29-27-25-23-21-19-17-15-13-11-9-7-2/h9,11,15,17-18,20-21,23-24,26-27,29-30,32-33,35,39,41,45,47,51,53,57,59,74,78H,6-8,10,12-14,16,19,22,25,28,31,34,36-38,40,42-44,46,48-50,52,54-56,58,60-73H2,1-5H3/b11-9-,17-15-,20-18-,23-21-,26-24-,29-27-,32-30-,35-33-,41-39-,47-45-,53-51-,59-57-. The molecule has 0 aliphatic carbocycles. The van der Waals surface area contributed by atoms with Gasteiger partial charge in [-0.1, -0.05) is 282 Å². The lowest BCUT2D eigenvalue weighted by atomic mass is 10.0. The van der Waals surface area contributed by atoms with Crippen LogP contribution in [0.5, 0.6) is 0 Å². The highest BCUT2D eigenvalue weighted by Crippen LogP contribution is 2.16. The van der Waals surface area contributed by atoms with Gasteiger partial charge in [0.1, 0.15) is 13.2 Å². The Morgan fingerprint density at radius 3 is 0.989 bits per heavy atom. The first-order valence-corrected chi connectivity index (χ1v) is 35.0. The van der Waals surface area contributed by atoms with E-state index < -0.39 is 24.3 Å². The van der Waals surface area contributed by atoms with Crippen LogP contribution in [-0.2, 0) is 33.3 Å². The Morgan fingerprint density at radius 1 is 0.356 bits per heavy atom. The van der Waals surface area contributed by atoms with E-state index in [2.05, 4.69) is 160 Å². The SMILES string of the molecule is CC/C=C\C/C=C\C/C=C\C/C=C\C/C=C\C/C=C\C/C=C\C/C=C\C/C=C\CCCCCC(=O)OC(COC(=O)CCCCCCCCCCCCCCCCCC/C=C\C/C=C\C/C=C\CCCCCCC)COC(OCC[N+](C)(C)C)C(=O)[O-]. The van der Waals surface area contributed by atoms with E-state index in [1.807, 2.05) is 21.1 Å². The number of hydrogen-bond donors (Lipinski definition) is 0. The minimum absolute atomic E-state index is 0.133. The molecule has 0 aliphatic heterocycles. The molecule has 9 nitrogen and oxygen atoms in total. The van der Waals surface area contributed by atoms with Crippen molar-refractivity contribution < 1.29 is 42.9 Å². The Morgan fingerprint density at radius 2 is 0.655 bits per heavy atom. The second-order valence-electron chi connectivity index (χ2n) is 24.1. The van der Waals surface area contributed by atoms with Crippen LogP contribution in [0.3, 0.4) is 0 Å². The third-order valence-electron chi connectivity index (χ3n) is 14.6. The zero-order valence-electron chi connectivity index (χ0n) is 56.3. The van der Waals surface area contributed by atoms with Crippen LogP contribution in [-0.4, -0.2) is 82.3 Å². The number of carbonyl (C=O) groups excluding carboxylic acids is 3. The Kier molecular flexibility index (Phi) is 63.4. The molecule has 2 unspecified atom stereocenters. The summed E-state index contributed by atoms with van der Waals surface area (Å²) in [6.45, 7) is 4.58. The highest BCUT2D eigenvalue weighted by molar-refractivity contribution is 5.70. The number of rotatable bonds is 63. The highest BCUT2D eigenvalue weighted by Gasteiger charge is 2.22. The highest BCUT2D eigenvalue weighted by atomic mass is 16.7. The van der Waals surface area contributed by atoms with Crippen LogP contribution in [0.1, 0.15) is 271 Å². The van der Waals surface area contributed by atoms with Gasteiger partial charge in [0, 0.05) is 12.8 Å². The van der Waals surface area contributed by atoms with Crippen molar-refractivity contribution in [2.75, 3.05) is 47.5 Å². The van der Waals surface area contributed by atoms with Crippen molar-refractivity contribution in [3.05, 3.63) is 146 Å². The molecule has 0 amide bonds. The molecule has 0 aromatic carbocycles. The zero-order chi connectivity index (χ0) is 63.3. The van der Waals surface area contributed by atoms with Gasteiger partial charge in [-0.25, -0.2) is 0 Å². The van der Waals surface area contributed by atoms with Crippen molar-refractivity contribution in [3.8, 4) is 0 Å². The van der Waals surface area contributed by atoms with E-state index >= 15 is 0 Å². The van der Waals surface area contributed by atoms with Gasteiger partial charge in [-0.15, -0.1) is 0 Å². The maximum absolute atomic E-state index is 12.9. The van der Waals surface area contributed by atoms with Gasteiger partial charge in [0.15, 0.2) is 12.4 Å². The molecule has 0 fully saturated rings. The number of esters is 2. The lowest BCUT2D eigenvalue weighted by molar-refractivity contribution is -0.870. The first-order valence-electron chi connectivity index (χ1n) is 35.0. The molecule has 0 bridgehead atoms. The minimum Gasteiger partial charge on any atom is -0.545 e. The van der Waals surface area contributed by atoms with E-state index in [1.54, 1.807) is 0 Å². The third-order valence-corrected chi connectivity index (χ3v) is 14.6. The van der Waals surface area contributed by atoms with Gasteiger partial charge in [-0.2, -0.15) is 0 Å². The van der Waals surface area contributed by atoms with Crippen molar-refractivity contribution in [3.63, 3.8) is 0 Å². The quantitative estimate of drug-likeness (QED) is 0.0195. The average molecular weight is 1210 g/mol. The van der Waals surface area contributed by atoms with Crippen LogP contribution < -0.4 is 5.11 Å². The molecule has 0 radical (unpaired) electrons. The maximum Gasteiger partial charge on any atom is 0.306 e. The van der Waals surface area contributed by atoms with Gasteiger partial charge in [0.25, 0.3) is 0 Å². The molecule has 0 N–H and O–H groups in total. The minimum atomic E-state index is -1.64. The summed E-state index contributed by atoms with van der Waals surface area (Å²) in [5, 5.41) is 11.8. The molecule has 0 saturated heterocycles. The number of quaternary nitrogens is 1. The number of likely N-dealkylation sites (N-methyl/N-ethyl adjacent to an activating group) is 1. The van der Waals surface area contributed by atoms with E-state index in [9.17, 15) is 19.5 Å². The van der Waals surface area contributed by atoms with E-state index in [0.29, 0.717) is 17.4 Å². The van der Waals surface area contributed by atoms with Crippen molar-refractivity contribution in [1.82, 2.24) is 0 Å². The van der Waals surface area contributed by atoms with Crippen molar-refractivity contribution in [2.45, 2.75) is 283 Å². The smallest absolute Gasteiger partial charge is 0.306 e. The fraction of sp³-hybridized carbons (Fsp3) is 0.654. The van der Waals surface area contributed by atoms with E-state index in [0.717, 1.165) is 109 Å². The van der Waals surface area contributed by atoms with Gasteiger partial charge in [0.05, 0.1) is 40.3 Å². The summed E-state index contributed by atoms with van der Waals surface area (Å²) in [6.07, 6.45) is 95.0. The van der Waals surface area contributed by atoms with Crippen molar-refractivity contribution in [1.29, 1.82) is 0 Å². The summed E-state index contributed by atoms with van der Waals surface area (Å²) in [7, 11) is 5.91. The summed E-state index contributed by atoms with van der Waals surface area (Å²) in [4.78, 5) is 37.5. The fourth-order valence-electron chi connectivity index (χ4n) is 9.24. The first kappa shape index (κ1) is 82.2. The van der Waals surface area contributed by atoms with Crippen molar-refractivity contribution in [2.24, 2.45) is 0 Å². The van der Waals surface area contributed by atoms with E-state index in [-0.39, 0.29) is 38.6 Å². The number of carboxylic acids is 1. The summed E-state index contributed by atoms with van der Waals surface area (Å²) in [6, 6.07) is 0. The molecule has 87 heavy (non-hydrogen) atoms. The number of carboxylic acid groups (broad SMARTS) is 1. The Labute approximate surface area is 534 Å². The predicted molar refractivity (Wildman–Crippen MR) is 370 cm³/mol. The molecule has 494 valence electrons. The van der Waals surface area contributed by atoms with Crippen molar-refractivity contribution >= 4 is 17.9 Å². The molecule has 2 atom stereocenters. The topological polar surface area (TPSA) is 111 Å². The number of carbonyl (C=O) groups is 3. The summed E-state index contributed by atoms with van der Waals surface area (Å²) < 4.78 is 22.7. The predicted octanol–water partition coefficient (Wildman–Crippen LogP) is 20.6. The van der Waals surface area contributed by atoms with Gasteiger partial charge < -0.3 is 33.3 Å². The molecule has 9 heteroatoms. The molecular formula is C78H129NO8. The molecule has 0 aliphatic rings. The number of ether oxygens (including phenoxy) is 4. The van der Waals surface area contributed by atoms with Gasteiger partial charge in [-0.05, 0) is 122 Å². The van der Waals surface area contributed by atoms with Crippen LogP contribution in [0, 0.1) is 0 Å². The van der Waals surface area contributed by atoms with Crippen LogP contribution >= 0.6 is 0 Å². The largest absolute Gasteiger partial charge is 0.545 e. The second kappa shape index (κ2) is 67.1.